The molecule has 0 radical (unpaired) electrons. The second-order valence-corrected chi connectivity index (χ2v) is 6.42. The molecule has 108 valence electrons. The maximum absolute atomic E-state index is 12.3. The zero-order chi connectivity index (χ0) is 13.9. The summed E-state index contributed by atoms with van der Waals surface area (Å²) < 4.78 is 11.1. The molecule has 20 heavy (non-hydrogen) atoms. The maximum atomic E-state index is 12.3. The van der Waals surface area contributed by atoms with Crippen molar-refractivity contribution in [2.45, 2.75) is 24.1 Å². The van der Waals surface area contributed by atoms with Gasteiger partial charge in [-0.25, -0.2) is 0 Å². The van der Waals surface area contributed by atoms with Crippen LogP contribution in [0.3, 0.4) is 0 Å². The van der Waals surface area contributed by atoms with E-state index in [9.17, 15) is 4.79 Å². The lowest BCUT2D eigenvalue weighted by atomic mass is 10.1. The van der Waals surface area contributed by atoms with Crippen molar-refractivity contribution < 1.29 is 14.3 Å². The van der Waals surface area contributed by atoms with Gasteiger partial charge >= 0.3 is 0 Å². The minimum absolute atomic E-state index is 0.0843. The van der Waals surface area contributed by atoms with Crippen molar-refractivity contribution in [1.82, 2.24) is 5.32 Å². The molecule has 1 N–H and O–H groups in total. The molecule has 1 amide bonds. The largest absolute Gasteiger partial charge is 0.486 e. The van der Waals surface area contributed by atoms with Gasteiger partial charge in [0.1, 0.15) is 13.2 Å². The Kier molecular flexibility index (Phi) is 4.15. The molecule has 2 aliphatic rings. The SMILES string of the molecule is O=C(NCC1CCCC1Br)c1cccc2c1OCCO2. The standard InChI is InChI=1S/C15H18BrNO3/c16-12-5-1-3-10(12)9-17-15(18)11-4-2-6-13-14(11)20-8-7-19-13/h2,4,6,10,12H,1,3,5,7-9H2,(H,17,18). The summed E-state index contributed by atoms with van der Waals surface area (Å²) in [7, 11) is 0. The number of rotatable bonds is 3. The molecule has 4 nitrogen and oxygen atoms in total. The summed E-state index contributed by atoms with van der Waals surface area (Å²) in [6, 6.07) is 5.44. The molecule has 3 rings (SSSR count). The van der Waals surface area contributed by atoms with Crippen LogP contribution in [0.2, 0.25) is 0 Å². The third-order valence-corrected chi connectivity index (χ3v) is 5.11. The Morgan fingerprint density at radius 1 is 1.30 bits per heavy atom. The van der Waals surface area contributed by atoms with E-state index in [4.69, 9.17) is 9.47 Å². The van der Waals surface area contributed by atoms with Crippen LogP contribution in [0.4, 0.5) is 0 Å². The number of para-hydroxylation sites is 1. The normalized spacial score (nSPS) is 24.4. The molecule has 1 aromatic rings. The van der Waals surface area contributed by atoms with Crippen molar-refractivity contribution in [3.63, 3.8) is 0 Å². The number of hydrogen-bond donors (Lipinski definition) is 1. The Bertz CT molecular complexity index is 506. The molecule has 1 saturated carbocycles. The minimum Gasteiger partial charge on any atom is -0.486 e. The number of halogens is 1. The van der Waals surface area contributed by atoms with Crippen LogP contribution in [0.25, 0.3) is 0 Å². The van der Waals surface area contributed by atoms with E-state index in [1.165, 1.54) is 19.3 Å². The fourth-order valence-corrected chi connectivity index (χ4v) is 3.57. The molecule has 0 saturated heterocycles. The highest BCUT2D eigenvalue weighted by atomic mass is 79.9. The fourth-order valence-electron chi connectivity index (χ4n) is 2.79. The van der Waals surface area contributed by atoms with Crippen LogP contribution in [-0.2, 0) is 0 Å². The number of ether oxygens (including phenoxy) is 2. The summed E-state index contributed by atoms with van der Waals surface area (Å²) in [6.45, 7) is 1.73. The quantitative estimate of drug-likeness (QED) is 0.861. The Labute approximate surface area is 127 Å². The highest BCUT2D eigenvalue weighted by Crippen LogP contribution is 2.34. The molecule has 5 heteroatoms. The van der Waals surface area contributed by atoms with E-state index in [0.717, 1.165) is 0 Å². The van der Waals surface area contributed by atoms with Crippen LogP contribution in [-0.4, -0.2) is 30.5 Å². The Hall–Kier alpha value is -1.23. The lowest BCUT2D eigenvalue weighted by molar-refractivity contribution is 0.0936. The van der Waals surface area contributed by atoms with Crippen LogP contribution in [0.1, 0.15) is 29.6 Å². The van der Waals surface area contributed by atoms with Gasteiger partial charge in [-0.3, -0.25) is 4.79 Å². The summed E-state index contributed by atoms with van der Waals surface area (Å²) in [5.74, 6) is 1.66. The van der Waals surface area contributed by atoms with Gasteiger partial charge in [0.15, 0.2) is 11.5 Å². The van der Waals surface area contributed by atoms with E-state index in [2.05, 4.69) is 21.2 Å². The van der Waals surface area contributed by atoms with Crippen molar-refractivity contribution in [1.29, 1.82) is 0 Å². The summed E-state index contributed by atoms with van der Waals surface area (Å²) in [4.78, 5) is 12.8. The topological polar surface area (TPSA) is 47.6 Å². The molecule has 0 aromatic heterocycles. The van der Waals surface area contributed by atoms with Gasteiger partial charge in [0.05, 0.1) is 5.56 Å². The van der Waals surface area contributed by atoms with Crippen LogP contribution in [0.5, 0.6) is 11.5 Å². The highest BCUT2D eigenvalue weighted by molar-refractivity contribution is 9.09. The molecule has 1 aliphatic carbocycles. The van der Waals surface area contributed by atoms with Crippen LogP contribution < -0.4 is 14.8 Å². The van der Waals surface area contributed by atoms with Gasteiger partial charge in [-0.05, 0) is 30.9 Å². The van der Waals surface area contributed by atoms with Gasteiger partial charge in [-0.2, -0.15) is 0 Å². The number of nitrogens with one attached hydrogen (secondary N) is 1. The first kappa shape index (κ1) is 13.7. The fraction of sp³-hybridized carbons (Fsp3) is 0.533. The Balaban J connectivity index is 1.68. The maximum Gasteiger partial charge on any atom is 0.255 e. The molecular formula is C15H18BrNO3. The minimum atomic E-state index is -0.0843. The van der Waals surface area contributed by atoms with Gasteiger partial charge in [0.25, 0.3) is 5.91 Å². The number of fused-ring (bicyclic) bond motifs is 1. The number of carbonyl (C=O) groups excluding carboxylic acids is 1. The van der Waals surface area contributed by atoms with Crippen molar-refractivity contribution >= 4 is 21.8 Å². The zero-order valence-corrected chi connectivity index (χ0v) is 12.8. The summed E-state index contributed by atoms with van der Waals surface area (Å²) in [6.07, 6.45) is 3.59. The van der Waals surface area contributed by atoms with E-state index < -0.39 is 0 Å². The number of alkyl halides is 1. The summed E-state index contributed by atoms with van der Waals surface area (Å²) in [5.41, 5.74) is 0.561. The van der Waals surface area contributed by atoms with E-state index in [1.807, 2.05) is 12.1 Å². The monoisotopic (exact) mass is 339 g/mol. The second kappa shape index (κ2) is 6.04. The molecule has 1 aliphatic heterocycles. The van der Waals surface area contributed by atoms with Crippen molar-refractivity contribution in [2.24, 2.45) is 5.92 Å². The molecule has 0 bridgehead atoms. The first-order chi connectivity index (χ1) is 9.75. The number of carbonyl (C=O) groups is 1. The third-order valence-electron chi connectivity index (χ3n) is 3.90. The van der Waals surface area contributed by atoms with E-state index in [1.54, 1.807) is 6.07 Å². The van der Waals surface area contributed by atoms with E-state index in [-0.39, 0.29) is 5.91 Å². The van der Waals surface area contributed by atoms with Gasteiger partial charge in [-0.1, -0.05) is 28.4 Å². The Morgan fingerprint density at radius 3 is 2.95 bits per heavy atom. The molecular weight excluding hydrogens is 322 g/mol. The molecule has 0 spiro atoms. The van der Waals surface area contributed by atoms with Gasteiger partial charge in [-0.15, -0.1) is 0 Å². The molecule has 1 fully saturated rings. The van der Waals surface area contributed by atoms with Crippen molar-refractivity contribution in [3.8, 4) is 11.5 Å². The average Bonchev–Trinajstić information content (AvgIpc) is 2.89. The van der Waals surface area contributed by atoms with Gasteiger partial charge < -0.3 is 14.8 Å². The first-order valence-electron chi connectivity index (χ1n) is 7.06. The van der Waals surface area contributed by atoms with Gasteiger partial charge in [0.2, 0.25) is 0 Å². The first-order valence-corrected chi connectivity index (χ1v) is 7.98. The lowest BCUT2D eigenvalue weighted by Crippen LogP contribution is -2.31. The molecule has 2 unspecified atom stereocenters. The van der Waals surface area contributed by atoms with Crippen molar-refractivity contribution in [3.05, 3.63) is 23.8 Å². The van der Waals surface area contributed by atoms with E-state index in [0.29, 0.717) is 47.6 Å². The predicted molar refractivity (Wildman–Crippen MR) is 79.8 cm³/mol. The van der Waals surface area contributed by atoms with Crippen molar-refractivity contribution in [2.75, 3.05) is 19.8 Å². The predicted octanol–water partition coefficient (Wildman–Crippen LogP) is 2.75. The smallest absolute Gasteiger partial charge is 0.255 e. The highest BCUT2D eigenvalue weighted by Gasteiger charge is 2.26. The van der Waals surface area contributed by atoms with Crippen LogP contribution >= 0.6 is 15.9 Å². The number of benzene rings is 1. The summed E-state index contributed by atoms with van der Waals surface area (Å²) >= 11 is 3.68. The molecule has 1 heterocycles. The van der Waals surface area contributed by atoms with Crippen LogP contribution in [0.15, 0.2) is 18.2 Å². The average molecular weight is 340 g/mol. The number of hydrogen-bond acceptors (Lipinski definition) is 3. The third kappa shape index (κ3) is 2.77. The zero-order valence-electron chi connectivity index (χ0n) is 11.2. The second-order valence-electron chi connectivity index (χ2n) is 5.25. The molecule has 1 aromatic carbocycles. The Morgan fingerprint density at radius 2 is 2.15 bits per heavy atom. The molecule has 2 atom stereocenters. The number of amides is 1. The van der Waals surface area contributed by atoms with Crippen LogP contribution in [0, 0.1) is 5.92 Å². The van der Waals surface area contributed by atoms with E-state index >= 15 is 0 Å². The van der Waals surface area contributed by atoms with Gasteiger partial charge in [0, 0.05) is 11.4 Å². The summed E-state index contributed by atoms with van der Waals surface area (Å²) in [5, 5.41) is 3.02. The lowest BCUT2D eigenvalue weighted by Gasteiger charge is -2.21.